The second-order valence-corrected chi connectivity index (χ2v) is 8.48. The molecule has 0 saturated carbocycles. The lowest BCUT2D eigenvalue weighted by atomic mass is 10.3. The molecule has 0 fully saturated rings. The van der Waals surface area contributed by atoms with Gasteiger partial charge < -0.3 is 4.57 Å². The smallest absolute Gasteiger partial charge is 0.316 e. The average Bonchev–Trinajstić information content (AvgIpc) is 2.64. The minimum atomic E-state index is -4.22. The van der Waals surface area contributed by atoms with Gasteiger partial charge in [0.2, 0.25) is 5.16 Å². The summed E-state index contributed by atoms with van der Waals surface area (Å²) in [6.45, 7) is 2.35. The number of aryl methyl sites for hydroxylation is 1. The number of fused-ring (bicyclic) bond motifs is 1. The van der Waals surface area contributed by atoms with Crippen LogP contribution in [0.1, 0.15) is 6.92 Å². The summed E-state index contributed by atoms with van der Waals surface area (Å²) in [5, 5.41) is 0.112. The topological polar surface area (TPSA) is 81.4 Å². The molecule has 19 heavy (non-hydrogen) atoms. The Labute approximate surface area is 116 Å². The van der Waals surface area contributed by atoms with E-state index in [9.17, 15) is 12.6 Å². The van der Waals surface area contributed by atoms with Gasteiger partial charge in [0.25, 0.3) is 0 Å². The molecule has 0 N–H and O–H groups in total. The molecule has 0 saturated heterocycles. The third-order valence-corrected chi connectivity index (χ3v) is 5.85. The monoisotopic (exact) mass is 321 g/mol. The number of aromatic nitrogens is 2. The van der Waals surface area contributed by atoms with Crippen molar-refractivity contribution in [2.24, 2.45) is 3.77 Å². The molecule has 0 bridgehead atoms. The van der Waals surface area contributed by atoms with E-state index in [1.807, 2.05) is 19.1 Å². The summed E-state index contributed by atoms with van der Waals surface area (Å²) >= 11 is 0. The lowest BCUT2D eigenvalue weighted by Crippen LogP contribution is -2.09. The first-order valence-electron chi connectivity index (χ1n) is 5.38. The van der Waals surface area contributed by atoms with Crippen LogP contribution in [-0.2, 0) is 25.5 Å². The second kappa shape index (κ2) is 4.77. The van der Waals surface area contributed by atoms with Gasteiger partial charge in [-0.2, -0.15) is 8.42 Å². The van der Waals surface area contributed by atoms with E-state index < -0.39 is 19.0 Å². The summed E-state index contributed by atoms with van der Waals surface area (Å²) in [4.78, 5) is 4.21. The molecule has 1 atom stereocenters. The molecule has 0 aliphatic heterocycles. The molecule has 6 nitrogen and oxygen atoms in total. The molecule has 0 unspecified atom stereocenters. The quantitative estimate of drug-likeness (QED) is 0.810. The van der Waals surface area contributed by atoms with Crippen molar-refractivity contribution in [2.75, 3.05) is 6.26 Å². The van der Waals surface area contributed by atoms with Gasteiger partial charge in [0.05, 0.1) is 11.0 Å². The van der Waals surface area contributed by atoms with E-state index in [1.165, 1.54) is 6.26 Å². The van der Waals surface area contributed by atoms with Gasteiger partial charge in [-0.05, 0) is 19.1 Å². The van der Waals surface area contributed by atoms with Crippen molar-refractivity contribution in [1.29, 1.82) is 0 Å². The van der Waals surface area contributed by atoms with Crippen LogP contribution < -0.4 is 0 Å². The lowest BCUT2D eigenvalue weighted by molar-refractivity contribution is 0.610. The molecule has 0 spiro atoms. The number of rotatable bonds is 3. The second-order valence-electron chi connectivity index (χ2n) is 3.92. The minimum Gasteiger partial charge on any atom is -0.316 e. The number of hydrogen-bond acceptors (Lipinski definition) is 4. The number of halogens is 1. The molecule has 0 aliphatic carbocycles. The zero-order valence-corrected chi connectivity index (χ0v) is 12.7. The maximum Gasteiger partial charge on any atom is 0.347 e. The fourth-order valence-electron chi connectivity index (χ4n) is 1.85. The van der Waals surface area contributed by atoms with Crippen molar-refractivity contribution >= 4 is 40.7 Å². The van der Waals surface area contributed by atoms with Crippen LogP contribution in [-0.4, -0.2) is 28.4 Å². The molecular weight excluding hydrogens is 310 g/mol. The van der Waals surface area contributed by atoms with Crippen molar-refractivity contribution < 1.29 is 12.6 Å². The third kappa shape index (κ3) is 2.90. The van der Waals surface area contributed by atoms with Crippen molar-refractivity contribution in [3.05, 3.63) is 24.3 Å². The van der Waals surface area contributed by atoms with Crippen molar-refractivity contribution in [1.82, 2.24) is 9.55 Å². The van der Waals surface area contributed by atoms with E-state index in [1.54, 1.807) is 16.7 Å². The Balaban J connectivity index is 2.84. The van der Waals surface area contributed by atoms with E-state index >= 15 is 0 Å². The highest BCUT2D eigenvalue weighted by Crippen LogP contribution is 2.21. The maximum atomic E-state index is 12.4. The Bertz CT molecular complexity index is 848. The van der Waals surface area contributed by atoms with Crippen LogP contribution in [0.2, 0.25) is 0 Å². The number of nitrogens with zero attached hydrogens (tertiary/aromatic N) is 3. The average molecular weight is 322 g/mol. The molecule has 104 valence electrons. The largest absolute Gasteiger partial charge is 0.347 e. The summed E-state index contributed by atoms with van der Waals surface area (Å²) < 4.78 is 39.3. The molecule has 0 amide bonds. The summed E-state index contributed by atoms with van der Waals surface area (Å²) in [5.74, 6) is 0. The number of imidazole rings is 1. The first-order chi connectivity index (χ1) is 8.74. The Morgan fingerprint density at radius 3 is 2.53 bits per heavy atom. The third-order valence-electron chi connectivity index (χ3n) is 2.51. The van der Waals surface area contributed by atoms with Crippen LogP contribution in [0.25, 0.3) is 11.0 Å². The Morgan fingerprint density at radius 1 is 1.32 bits per heavy atom. The van der Waals surface area contributed by atoms with E-state index in [0.29, 0.717) is 12.1 Å². The Morgan fingerprint density at radius 2 is 1.95 bits per heavy atom. The van der Waals surface area contributed by atoms with Gasteiger partial charge in [-0.15, -0.1) is 0 Å². The number of para-hydroxylation sites is 2. The Hall–Kier alpha value is -1.12. The zero-order valence-electron chi connectivity index (χ0n) is 10.3. The van der Waals surface area contributed by atoms with E-state index in [2.05, 4.69) is 8.75 Å². The summed E-state index contributed by atoms with van der Waals surface area (Å²) in [5.41, 5.74) is 1.41. The van der Waals surface area contributed by atoms with Crippen molar-refractivity contribution in [3.8, 4) is 0 Å². The standard InChI is InChI=1S/C10H12ClN3O3S2/c1-3-14-9-7-5-4-6-8(9)12-10(14)18(2,15)13-19(11,16)17/h4-7H,3H2,1-2H3/t18-/m1/s1. The van der Waals surface area contributed by atoms with Crippen LogP contribution in [0.4, 0.5) is 0 Å². The fourth-order valence-corrected chi connectivity index (χ4v) is 5.35. The molecule has 9 heteroatoms. The molecule has 0 aliphatic rings. The molecule has 2 aromatic rings. The fraction of sp³-hybridized carbons (Fsp3) is 0.300. The predicted molar refractivity (Wildman–Crippen MR) is 74.9 cm³/mol. The first-order valence-corrected chi connectivity index (χ1v) is 9.57. The van der Waals surface area contributed by atoms with Gasteiger partial charge >= 0.3 is 9.24 Å². The van der Waals surface area contributed by atoms with Gasteiger partial charge in [0.1, 0.15) is 9.73 Å². The molecule has 0 radical (unpaired) electrons. The normalized spacial score (nSPS) is 15.3. The summed E-state index contributed by atoms with van der Waals surface area (Å²) in [6, 6.07) is 7.20. The van der Waals surface area contributed by atoms with Gasteiger partial charge in [-0.3, -0.25) is 0 Å². The zero-order chi connectivity index (χ0) is 14.3. The van der Waals surface area contributed by atoms with Gasteiger partial charge in [-0.1, -0.05) is 15.9 Å². The first kappa shape index (κ1) is 14.3. The molecule has 1 aromatic heterocycles. The van der Waals surface area contributed by atoms with Crippen molar-refractivity contribution in [2.45, 2.75) is 18.6 Å². The molecule has 1 aromatic carbocycles. The highest BCUT2D eigenvalue weighted by atomic mass is 35.7. The van der Waals surface area contributed by atoms with Crippen LogP contribution in [0.15, 0.2) is 33.2 Å². The van der Waals surface area contributed by atoms with Crippen LogP contribution in [0, 0.1) is 0 Å². The lowest BCUT2D eigenvalue weighted by Gasteiger charge is -2.06. The van der Waals surface area contributed by atoms with Gasteiger partial charge in [-0.25, -0.2) is 9.19 Å². The summed E-state index contributed by atoms with van der Waals surface area (Å²) in [6.07, 6.45) is 1.21. The van der Waals surface area contributed by atoms with Crippen LogP contribution >= 0.6 is 10.7 Å². The number of benzene rings is 1. The van der Waals surface area contributed by atoms with Crippen molar-refractivity contribution in [3.63, 3.8) is 0 Å². The SMILES string of the molecule is CCn1c([S@@](C)(=O)=NS(=O)(=O)Cl)nc2ccccc21. The van der Waals surface area contributed by atoms with E-state index in [4.69, 9.17) is 10.7 Å². The molecule has 2 rings (SSSR count). The Kier molecular flexibility index (Phi) is 3.59. The van der Waals surface area contributed by atoms with Gasteiger partial charge in [0, 0.05) is 23.5 Å². The molecular formula is C10H12ClN3O3S2. The van der Waals surface area contributed by atoms with Crippen LogP contribution in [0.3, 0.4) is 0 Å². The predicted octanol–water partition coefficient (Wildman–Crippen LogP) is 2.00. The minimum absolute atomic E-state index is 0.112. The van der Waals surface area contributed by atoms with Crippen LogP contribution in [0.5, 0.6) is 0 Å². The van der Waals surface area contributed by atoms with Gasteiger partial charge in [0.15, 0.2) is 0 Å². The maximum absolute atomic E-state index is 12.4. The van der Waals surface area contributed by atoms with E-state index in [-0.39, 0.29) is 5.16 Å². The number of hydrogen-bond donors (Lipinski definition) is 0. The highest BCUT2D eigenvalue weighted by Gasteiger charge is 2.19. The highest BCUT2D eigenvalue weighted by molar-refractivity contribution is 8.17. The van der Waals surface area contributed by atoms with E-state index in [0.717, 1.165) is 5.52 Å². The summed E-state index contributed by atoms with van der Waals surface area (Å²) in [7, 11) is -2.39. The molecule has 1 heterocycles.